The van der Waals surface area contributed by atoms with Gasteiger partial charge in [-0.2, -0.15) is 0 Å². The van der Waals surface area contributed by atoms with E-state index in [1.807, 2.05) is 0 Å². The summed E-state index contributed by atoms with van der Waals surface area (Å²) >= 11 is 0. The fraction of sp³-hybridized carbons (Fsp3) is 0.310. The van der Waals surface area contributed by atoms with Crippen molar-refractivity contribution in [2.24, 2.45) is 0 Å². The molecule has 0 radical (unpaired) electrons. The predicted molar refractivity (Wildman–Crippen MR) is 133 cm³/mol. The molecule has 0 spiro atoms. The molecule has 162 valence electrons. The first-order valence-electron chi connectivity index (χ1n) is 11.4. The third-order valence-corrected chi connectivity index (χ3v) is 5.47. The number of nitrogens with zero attached hydrogens (tertiary/aromatic N) is 1. The van der Waals surface area contributed by atoms with E-state index in [4.69, 9.17) is 4.74 Å². The van der Waals surface area contributed by atoms with E-state index >= 15 is 0 Å². The number of unbranched alkanes of at least 4 members (excludes halogenated alkanes) is 2. The van der Waals surface area contributed by atoms with E-state index in [9.17, 15) is 0 Å². The molecular weight excluding hydrogens is 378 g/mol. The van der Waals surface area contributed by atoms with Gasteiger partial charge < -0.3 is 9.64 Å². The largest absolute Gasteiger partial charge is 0.492 e. The number of rotatable bonds is 11. The molecule has 31 heavy (non-hydrogen) atoms. The van der Waals surface area contributed by atoms with Gasteiger partial charge in [0.05, 0.1) is 0 Å². The summed E-state index contributed by atoms with van der Waals surface area (Å²) in [7, 11) is 4.13. The van der Waals surface area contributed by atoms with Crippen molar-refractivity contribution in [1.82, 2.24) is 4.90 Å². The minimum atomic E-state index is 0.694. The van der Waals surface area contributed by atoms with Crippen LogP contribution in [0.5, 0.6) is 5.75 Å². The van der Waals surface area contributed by atoms with E-state index in [2.05, 4.69) is 111 Å². The normalized spacial score (nSPS) is 12.0. The fourth-order valence-corrected chi connectivity index (χ4v) is 3.79. The zero-order valence-electron chi connectivity index (χ0n) is 19.2. The molecule has 2 heteroatoms. The maximum absolute atomic E-state index is 5.92. The van der Waals surface area contributed by atoms with Crippen molar-refractivity contribution in [3.63, 3.8) is 0 Å². The van der Waals surface area contributed by atoms with Crippen LogP contribution in [0.15, 0.2) is 84.9 Å². The second-order valence-electron chi connectivity index (χ2n) is 8.22. The van der Waals surface area contributed by atoms with Crippen LogP contribution in [0.25, 0.3) is 11.1 Å². The van der Waals surface area contributed by atoms with E-state index in [0.29, 0.717) is 6.61 Å². The number of likely N-dealkylation sites (N-methyl/N-ethyl adjacent to an activating group) is 1. The number of hydrogen-bond donors (Lipinski definition) is 0. The SMILES string of the molecule is CCCCCC(=C(c1ccccc1)c1ccc(OCCN(C)C)cc1)c1ccccc1. The Labute approximate surface area is 188 Å². The Morgan fingerprint density at radius 2 is 1.29 bits per heavy atom. The Balaban J connectivity index is 2.02. The molecule has 2 nitrogen and oxygen atoms in total. The van der Waals surface area contributed by atoms with Crippen molar-refractivity contribution in [3.05, 3.63) is 102 Å². The van der Waals surface area contributed by atoms with Gasteiger partial charge in [0.25, 0.3) is 0 Å². The van der Waals surface area contributed by atoms with Gasteiger partial charge in [0.2, 0.25) is 0 Å². The molecule has 3 aromatic rings. The first-order chi connectivity index (χ1) is 15.2. The molecule has 0 saturated carbocycles. The Morgan fingerprint density at radius 1 is 0.710 bits per heavy atom. The molecule has 0 unspecified atom stereocenters. The summed E-state index contributed by atoms with van der Waals surface area (Å²) in [5.74, 6) is 0.922. The van der Waals surface area contributed by atoms with Gasteiger partial charge in [0, 0.05) is 6.54 Å². The number of ether oxygens (including phenoxy) is 1. The molecule has 3 aromatic carbocycles. The molecule has 0 saturated heterocycles. The lowest BCUT2D eigenvalue weighted by molar-refractivity contribution is 0.261. The second kappa shape index (κ2) is 12.1. The van der Waals surface area contributed by atoms with Crippen LogP contribution < -0.4 is 4.74 Å². The average molecular weight is 414 g/mol. The summed E-state index contributed by atoms with van der Waals surface area (Å²) in [4.78, 5) is 2.13. The van der Waals surface area contributed by atoms with Crippen molar-refractivity contribution in [3.8, 4) is 5.75 Å². The van der Waals surface area contributed by atoms with Gasteiger partial charge in [-0.05, 0) is 66.9 Å². The van der Waals surface area contributed by atoms with Crippen LogP contribution >= 0.6 is 0 Å². The molecule has 3 rings (SSSR count). The van der Waals surface area contributed by atoms with Gasteiger partial charge >= 0.3 is 0 Å². The molecule has 0 amide bonds. The van der Waals surface area contributed by atoms with Crippen LogP contribution in [0.1, 0.15) is 49.3 Å². The van der Waals surface area contributed by atoms with E-state index < -0.39 is 0 Å². The molecule has 0 aliphatic carbocycles. The lowest BCUT2D eigenvalue weighted by Crippen LogP contribution is -2.19. The Hall–Kier alpha value is -2.84. The number of allylic oxidation sites excluding steroid dienone is 1. The van der Waals surface area contributed by atoms with Crippen LogP contribution in [0, 0.1) is 0 Å². The third kappa shape index (κ3) is 6.83. The van der Waals surface area contributed by atoms with Crippen molar-refractivity contribution in [1.29, 1.82) is 0 Å². The Bertz CT molecular complexity index is 927. The zero-order valence-corrected chi connectivity index (χ0v) is 19.2. The summed E-state index contributed by atoms with van der Waals surface area (Å²) in [5, 5.41) is 0. The van der Waals surface area contributed by atoms with Crippen LogP contribution in [0.3, 0.4) is 0 Å². The Kier molecular flexibility index (Phi) is 8.93. The van der Waals surface area contributed by atoms with E-state index in [-0.39, 0.29) is 0 Å². The quantitative estimate of drug-likeness (QED) is 0.244. The topological polar surface area (TPSA) is 12.5 Å². The van der Waals surface area contributed by atoms with Crippen molar-refractivity contribution in [2.75, 3.05) is 27.2 Å². The lowest BCUT2D eigenvalue weighted by atomic mass is 9.87. The summed E-state index contributed by atoms with van der Waals surface area (Å²) in [5.41, 5.74) is 6.55. The molecule has 0 aliphatic rings. The maximum Gasteiger partial charge on any atom is 0.119 e. The molecule has 0 N–H and O–H groups in total. The van der Waals surface area contributed by atoms with Crippen molar-refractivity contribution < 1.29 is 4.74 Å². The predicted octanol–water partition coefficient (Wildman–Crippen LogP) is 7.17. The standard InChI is InChI=1S/C29H35NO/c1-4-5-8-17-28(24-13-9-6-10-14-24)29(25-15-11-7-12-16-25)26-18-20-27(21-19-26)31-23-22-30(2)3/h6-7,9-16,18-21H,4-5,8,17,22-23H2,1-3H3. The molecule has 0 aromatic heterocycles. The summed E-state index contributed by atoms with van der Waals surface area (Å²) in [6.07, 6.45) is 4.74. The number of hydrogen-bond acceptors (Lipinski definition) is 2. The fourth-order valence-electron chi connectivity index (χ4n) is 3.79. The smallest absolute Gasteiger partial charge is 0.119 e. The third-order valence-electron chi connectivity index (χ3n) is 5.47. The highest BCUT2D eigenvalue weighted by molar-refractivity contribution is 5.98. The zero-order chi connectivity index (χ0) is 21.9. The van der Waals surface area contributed by atoms with Gasteiger partial charge in [-0.25, -0.2) is 0 Å². The van der Waals surface area contributed by atoms with Gasteiger partial charge in [-0.1, -0.05) is 92.6 Å². The van der Waals surface area contributed by atoms with E-state index in [1.54, 1.807) is 0 Å². The van der Waals surface area contributed by atoms with Crippen molar-refractivity contribution >= 4 is 11.1 Å². The minimum Gasteiger partial charge on any atom is -0.492 e. The van der Waals surface area contributed by atoms with Gasteiger partial charge in [0.1, 0.15) is 12.4 Å². The first kappa shape index (κ1) is 22.8. The molecule has 0 aliphatic heterocycles. The second-order valence-corrected chi connectivity index (χ2v) is 8.22. The molecular formula is C29H35NO. The van der Waals surface area contributed by atoms with Crippen LogP contribution in [-0.2, 0) is 0 Å². The summed E-state index contributed by atoms with van der Waals surface area (Å²) in [6, 6.07) is 30.2. The average Bonchev–Trinajstić information content (AvgIpc) is 2.80. The first-order valence-corrected chi connectivity index (χ1v) is 11.4. The highest BCUT2D eigenvalue weighted by Gasteiger charge is 2.14. The van der Waals surface area contributed by atoms with Crippen LogP contribution in [0.4, 0.5) is 0 Å². The highest BCUT2D eigenvalue weighted by atomic mass is 16.5. The summed E-state index contributed by atoms with van der Waals surface area (Å²) in [6.45, 7) is 3.87. The maximum atomic E-state index is 5.92. The lowest BCUT2D eigenvalue weighted by Gasteiger charge is -2.18. The van der Waals surface area contributed by atoms with Gasteiger partial charge in [-0.3, -0.25) is 0 Å². The van der Waals surface area contributed by atoms with Gasteiger partial charge in [-0.15, -0.1) is 0 Å². The monoisotopic (exact) mass is 413 g/mol. The molecule has 0 atom stereocenters. The molecule has 0 fully saturated rings. The van der Waals surface area contributed by atoms with E-state index in [1.165, 1.54) is 47.1 Å². The number of benzene rings is 3. The Morgan fingerprint density at radius 3 is 1.87 bits per heavy atom. The highest BCUT2D eigenvalue weighted by Crippen LogP contribution is 2.36. The molecule has 0 bridgehead atoms. The van der Waals surface area contributed by atoms with Crippen LogP contribution in [0.2, 0.25) is 0 Å². The summed E-state index contributed by atoms with van der Waals surface area (Å²) < 4.78 is 5.92. The van der Waals surface area contributed by atoms with E-state index in [0.717, 1.165) is 18.7 Å². The molecule has 0 heterocycles. The van der Waals surface area contributed by atoms with Gasteiger partial charge in [0.15, 0.2) is 0 Å². The van der Waals surface area contributed by atoms with Crippen molar-refractivity contribution in [2.45, 2.75) is 32.6 Å². The van der Waals surface area contributed by atoms with Crippen LogP contribution in [-0.4, -0.2) is 32.1 Å². The minimum absolute atomic E-state index is 0.694.